The third kappa shape index (κ3) is 1.22. The molecule has 2 aromatic heterocycles. The molecule has 0 unspecified atom stereocenters. The van der Waals surface area contributed by atoms with Crippen LogP contribution in [0.4, 0.5) is 5.82 Å². The quantitative estimate of drug-likeness (QED) is 0.722. The Kier molecular flexibility index (Phi) is 1.92. The first-order valence-corrected chi connectivity index (χ1v) is 4.28. The highest BCUT2D eigenvalue weighted by Crippen LogP contribution is 2.17. The minimum Gasteiger partial charge on any atom is -0.383 e. The lowest BCUT2D eigenvalue weighted by Gasteiger charge is -2.00. The van der Waals surface area contributed by atoms with E-state index in [9.17, 15) is 0 Å². The van der Waals surface area contributed by atoms with Gasteiger partial charge in [-0.15, -0.1) is 0 Å². The molecule has 2 heterocycles. The minimum atomic E-state index is 0.614. The van der Waals surface area contributed by atoms with Gasteiger partial charge in [0.1, 0.15) is 5.82 Å². The molecule has 0 amide bonds. The first-order valence-electron chi connectivity index (χ1n) is 4.28. The number of hydrogen-bond acceptors (Lipinski definition) is 4. The molecule has 0 saturated carbocycles. The van der Waals surface area contributed by atoms with Crippen LogP contribution in [0.3, 0.4) is 0 Å². The molecule has 5 nitrogen and oxygen atoms in total. The lowest BCUT2D eigenvalue weighted by atomic mass is 10.3. The fourth-order valence-corrected chi connectivity index (χ4v) is 1.20. The van der Waals surface area contributed by atoms with Crippen molar-refractivity contribution in [2.45, 2.75) is 13.8 Å². The van der Waals surface area contributed by atoms with Crippen molar-refractivity contribution < 1.29 is 0 Å². The summed E-state index contributed by atoms with van der Waals surface area (Å²) >= 11 is 0. The molecule has 14 heavy (non-hydrogen) atoms. The van der Waals surface area contributed by atoms with Gasteiger partial charge in [0.05, 0.1) is 11.9 Å². The minimum absolute atomic E-state index is 0.614. The van der Waals surface area contributed by atoms with Crippen LogP contribution in [0.25, 0.3) is 5.82 Å². The number of anilines is 1. The molecule has 0 aliphatic rings. The second kappa shape index (κ2) is 3.10. The average molecular weight is 189 g/mol. The lowest BCUT2D eigenvalue weighted by Crippen LogP contribution is -2.04. The van der Waals surface area contributed by atoms with Crippen molar-refractivity contribution in [3.8, 4) is 5.82 Å². The molecule has 2 rings (SSSR count). The summed E-state index contributed by atoms with van der Waals surface area (Å²) in [5.41, 5.74) is 7.76. The number of aryl methyl sites for hydroxylation is 1. The maximum atomic E-state index is 5.87. The van der Waals surface area contributed by atoms with Gasteiger partial charge in [0.2, 0.25) is 0 Å². The number of nitrogens with zero attached hydrogens (tertiary/aromatic N) is 4. The van der Waals surface area contributed by atoms with Gasteiger partial charge < -0.3 is 5.73 Å². The zero-order valence-electron chi connectivity index (χ0n) is 8.10. The summed E-state index contributed by atoms with van der Waals surface area (Å²) < 4.78 is 1.59. The first-order chi connectivity index (χ1) is 6.70. The van der Waals surface area contributed by atoms with Crippen molar-refractivity contribution in [1.29, 1.82) is 0 Å². The molecule has 0 spiro atoms. The molecule has 72 valence electrons. The van der Waals surface area contributed by atoms with E-state index < -0.39 is 0 Å². The van der Waals surface area contributed by atoms with E-state index in [2.05, 4.69) is 15.1 Å². The molecule has 5 heteroatoms. The maximum Gasteiger partial charge on any atom is 0.174 e. The molecule has 0 aliphatic heterocycles. The molecule has 0 bridgehead atoms. The zero-order chi connectivity index (χ0) is 10.1. The fraction of sp³-hybridized carbons (Fsp3) is 0.222. The highest BCUT2D eigenvalue weighted by Gasteiger charge is 2.09. The molecule has 0 aromatic carbocycles. The summed E-state index contributed by atoms with van der Waals surface area (Å²) in [5, 5.41) is 4.27. The Balaban J connectivity index is 2.58. The van der Waals surface area contributed by atoms with Crippen LogP contribution in [0.5, 0.6) is 0 Å². The standard InChI is InChI=1S/C9H11N5/c1-6-7(2)13-14(9(6)10)8-5-11-3-4-12-8/h3-5H,10H2,1-2H3. The Hall–Kier alpha value is -1.91. The molecule has 0 radical (unpaired) electrons. The van der Waals surface area contributed by atoms with Crippen molar-refractivity contribution in [1.82, 2.24) is 19.7 Å². The smallest absolute Gasteiger partial charge is 0.174 e. The van der Waals surface area contributed by atoms with Gasteiger partial charge in [-0.3, -0.25) is 4.98 Å². The van der Waals surface area contributed by atoms with E-state index in [4.69, 9.17) is 5.73 Å². The van der Waals surface area contributed by atoms with Gasteiger partial charge >= 0.3 is 0 Å². The van der Waals surface area contributed by atoms with Gasteiger partial charge in [0, 0.05) is 18.0 Å². The van der Waals surface area contributed by atoms with Crippen LogP contribution in [-0.4, -0.2) is 19.7 Å². The van der Waals surface area contributed by atoms with E-state index in [-0.39, 0.29) is 0 Å². The number of hydrogen-bond donors (Lipinski definition) is 1. The molecular weight excluding hydrogens is 178 g/mol. The van der Waals surface area contributed by atoms with E-state index in [1.54, 1.807) is 23.3 Å². The molecule has 0 atom stereocenters. The Labute approximate surface area is 81.6 Å². The average Bonchev–Trinajstić information content (AvgIpc) is 2.47. The van der Waals surface area contributed by atoms with Crippen LogP contribution >= 0.6 is 0 Å². The van der Waals surface area contributed by atoms with Gasteiger partial charge in [0.15, 0.2) is 5.82 Å². The third-order valence-corrected chi connectivity index (χ3v) is 2.17. The van der Waals surface area contributed by atoms with E-state index >= 15 is 0 Å². The van der Waals surface area contributed by atoms with Crippen LogP contribution < -0.4 is 5.73 Å². The summed E-state index contributed by atoms with van der Waals surface area (Å²) in [4.78, 5) is 8.08. The van der Waals surface area contributed by atoms with Crippen LogP contribution in [0.2, 0.25) is 0 Å². The summed E-state index contributed by atoms with van der Waals surface area (Å²) in [6.07, 6.45) is 4.85. The predicted octanol–water partition coefficient (Wildman–Crippen LogP) is 0.861. The normalized spacial score (nSPS) is 10.4. The van der Waals surface area contributed by atoms with Gasteiger partial charge in [-0.2, -0.15) is 9.78 Å². The van der Waals surface area contributed by atoms with Gasteiger partial charge in [-0.1, -0.05) is 0 Å². The largest absolute Gasteiger partial charge is 0.383 e. The highest BCUT2D eigenvalue weighted by atomic mass is 15.3. The van der Waals surface area contributed by atoms with E-state index in [1.165, 1.54) is 0 Å². The molecule has 2 N–H and O–H groups in total. The van der Waals surface area contributed by atoms with Crippen LogP contribution in [-0.2, 0) is 0 Å². The number of aromatic nitrogens is 4. The third-order valence-electron chi connectivity index (χ3n) is 2.17. The van der Waals surface area contributed by atoms with Crippen LogP contribution in [0, 0.1) is 13.8 Å². The van der Waals surface area contributed by atoms with Crippen molar-refractivity contribution in [3.05, 3.63) is 29.8 Å². The van der Waals surface area contributed by atoms with Gasteiger partial charge in [-0.05, 0) is 13.8 Å². The van der Waals surface area contributed by atoms with E-state index in [0.29, 0.717) is 11.6 Å². The second-order valence-electron chi connectivity index (χ2n) is 3.07. The highest BCUT2D eigenvalue weighted by molar-refractivity contribution is 5.46. The van der Waals surface area contributed by atoms with Crippen molar-refractivity contribution in [2.75, 3.05) is 5.73 Å². The van der Waals surface area contributed by atoms with Crippen LogP contribution in [0.15, 0.2) is 18.6 Å². The number of rotatable bonds is 1. The van der Waals surface area contributed by atoms with Crippen LogP contribution in [0.1, 0.15) is 11.3 Å². The van der Waals surface area contributed by atoms with E-state index in [1.807, 2.05) is 13.8 Å². The van der Waals surface area contributed by atoms with Crippen molar-refractivity contribution in [3.63, 3.8) is 0 Å². The summed E-state index contributed by atoms with van der Waals surface area (Å²) in [6.45, 7) is 3.85. The number of nitrogens with two attached hydrogens (primary N) is 1. The molecule has 0 saturated heterocycles. The summed E-state index contributed by atoms with van der Waals surface area (Å²) in [7, 11) is 0. The zero-order valence-corrected chi connectivity index (χ0v) is 8.10. The molecular formula is C9H11N5. The van der Waals surface area contributed by atoms with Gasteiger partial charge in [0.25, 0.3) is 0 Å². The van der Waals surface area contributed by atoms with Crippen molar-refractivity contribution in [2.24, 2.45) is 0 Å². The Bertz CT molecular complexity index is 446. The lowest BCUT2D eigenvalue weighted by molar-refractivity contribution is 0.833. The Morgan fingerprint density at radius 3 is 2.57 bits per heavy atom. The molecule has 0 aliphatic carbocycles. The summed E-state index contributed by atoms with van der Waals surface area (Å²) in [5.74, 6) is 1.25. The summed E-state index contributed by atoms with van der Waals surface area (Å²) in [6, 6.07) is 0. The second-order valence-corrected chi connectivity index (χ2v) is 3.07. The first kappa shape index (κ1) is 8.68. The molecule has 2 aromatic rings. The maximum absolute atomic E-state index is 5.87. The topological polar surface area (TPSA) is 69.6 Å². The van der Waals surface area contributed by atoms with Gasteiger partial charge in [-0.25, -0.2) is 4.98 Å². The monoisotopic (exact) mass is 189 g/mol. The Morgan fingerprint density at radius 2 is 2.07 bits per heavy atom. The molecule has 0 fully saturated rings. The van der Waals surface area contributed by atoms with E-state index in [0.717, 1.165) is 11.3 Å². The SMILES string of the molecule is Cc1nn(-c2cnccn2)c(N)c1C. The van der Waals surface area contributed by atoms with Crippen molar-refractivity contribution >= 4 is 5.82 Å². The fourth-order valence-electron chi connectivity index (χ4n) is 1.20. The Morgan fingerprint density at radius 1 is 1.29 bits per heavy atom. The number of nitrogen functional groups attached to an aromatic ring is 1. The predicted molar refractivity (Wildman–Crippen MR) is 53.0 cm³/mol.